The number of nitrogens with zero attached hydrogens (tertiary/aromatic N) is 2. The lowest BCUT2D eigenvalue weighted by molar-refractivity contribution is 0.0835. The molecular weight excluding hydrogens is 292 g/mol. The maximum atomic E-state index is 5.97. The van der Waals surface area contributed by atoms with E-state index in [1.54, 1.807) is 7.11 Å². The van der Waals surface area contributed by atoms with Gasteiger partial charge in [0.05, 0.1) is 0 Å². The third-order valence-corrected chi connectivity index (χ3v) is 7.75. The lowest BCUT2D eigenvalue weighted by Gasteiger charge is -2.34. The monoisotopic (exact) mass is 320 g/mol. The van der Waals surface area contributed by atoms with Gasteiger partial charge in [-0.1, -0.05) is 0 Å². The van der Waals surface area contributed by atoms with Crippen molar-refractivity contribution in [3.8, 4) is 0 Å². The summed E-state index contributed by atoms with van der Waals surface area (Å²) in [7, 11) is 1.55. The first-order valence-electron chi connectivity index (χ1n) is 7.56. The van der Waals surface area contributed by atoms with Crippen LogP contribution in [0.1, 0.15) is 6.42 Å². The van der Waals surface area contributed by atoms with E-state index in [-0.39, 0.29) is 0 Å². The van der Waals surface area contributed by atoms with E-state index in [1.165, 1.54) is 26.2 Å². The van der Waals surface area contributed by atoms with Gasteiger partial charge in [-0.2, -0.15) is 11.8 Å². The molecule has 0 atom stereocenters. The van der Waals surface area contributed by atoms with Gasteiger partial charge >= 0.3 is 8.80 Å². The molecule has 0 bridgehead atoms. The van der Waals surface area contributed by atoms with Crippen molar-refractivity contribution in [2.24, 2.45) is 0 Å². The van der Waals surface area contributed by atoms with Gasteiger partial charge in [0.1, 0.15) is 0 Å². The lowest BCUT2D eigenvalue weighted by Crippen LogP contribution is -2.48. The summed E-state index contributed by atoms with van der Waals surface area (Å²) in [6, 6.07) is 0.945. The minimum atomic E-state index is -2.39. The molecule has 20 heavy (non-hydrogen) atoms. The van der Waals surface area contributed by atoms with Crippen LogP contribution in [-0.4, -0.2) is 90.2 Å². The number of piperazine rings is 1. The van der Waals surface area contributed by atoms with Crippen molar-refractivity contribution >= 4 is 20.6 Å². The van der Waals surface area contributed by atoms with E-state index in [0.717, 1.165) is 43.7 Å². The molecule has 2 rings (SSSR count). The molecule has 0 amide bonds. The van der Waals surface area contributed by atoms with Crippen molar-refractivity contribution in [1.82, 2.24) is 9.80 Å². The molecule has 0 aromatic carbocycles. The third-order valence-electron chi connectivity index (χ3n) is 3.96. The predicted molar refractivity (Wildman–Crippen MR) is 85.4 cm³/mol. The van der Waals surface area contributed by atoms with Crippen molar-refractivity contribution in [3.63, 3.8) is 0 Å². The van der Waals surface area contributed by atoms with Crippen LogP contribution >= 0.6 is 11.8 Å². The number of hydrogen-bond donors (Lipinski definition) is 0. The fraction of sp³-hybridized carbons (Fsp3) is 1.00. The average molecular weight is 321 g/mol. The summed E-state index contributed by atoms with van der Waals surface area (Å²) < 4.78 is 17.6. The third kappa shape index (κ3) is 5.29. The van der Waals surface area contributed by atoms with Crippen molar-refractivity contribution in [2.45, 2.75) is 12.5 Å². The molecule has 5 nitrogen and oxygen atoms in total. The summed E-state index contributed by atoms with van der Waals surface area (Å²) >= 11 is 1.89. The second kappa shape index (κ2) is 8.72. The van der Waals surface area contributed by atoms with Gasteiger partial charge in [0.2, 0.25) is 0 Å². The molecule has 118 valence electrons. The molecule has 0 aliphatic carbocycles. The van der Waals surface area contributed by atoms with E-state index in [9.17, 15) is 0 Å². The molecule has 0 saturated carbocycles. The summed E-state index contributed by atoms with van der Waals surface area (Å²) in [6.07, 6.45) is 1.11. The highest BCUT2D eigenvalue weighted by molar-refractivity contribution is 7.99. The maximum Gasteiger partial charge on any atom is 0.500 e. The molecule has 0 aromatic heterocycles. The quantitative estimate of drug-likeness (QED) is 0.703. The van der Waals surface area contributed by atoms with Crippen LogP contribution < -0.4 is 0 Å². The van der Waals surface area contributed by atoms with E-state index in [4.69, 9.17) is 13.3 Å². The zero-order chi connectivity index (χ0) is 14.3. The van der Waals surface area contributed by atoms with Gasteiger partial charge in [0, 0.05) is 64.1 Å². The molecule has 2 fully saturated rings. The molecule has 2 aliphatic heterocycles. The highest BCUT2D eigenvalue weighted by atomic mass is 32.2. The van der Waals surface area contributed by atoms with E-state index in [1.807, 2.05) is 11.8 Å². The van der Waals surface area contributed by atoms with Gasteiger partial charge in [0.25, 0.3) is 0 Å². The van der Waals surface area contributed by atoms with Crippen LogP contribution in [0.3, 0.4) is 0 Å². The normalized spacial score (nSPS) is 26.1. The Labute approximate surface area is 128 Å². The highest BCUT2D eigenvalue weighted by Crippen LogP contribution is 2.21. The SMILES string of the molecule is CO[Si]1(CCCN2CCN(C)CC2)OCCSCCO1. The van der Waals surface area contributed by atoms with Crippen LogP contribution in [0.2, 0.25) is 6.04 Å². The summed E-state index contributed by atoms with van der Waals surface area (Å²) in [4.78, 5) is 4.93. The van der Waals surface area contributed by atoms with Crippen molar-refractivity contribution < 1.29 is 13.3 Å². The minimum Gasteiger partial charge on any atom is -0.377 e. The molecule has 0 spiro atoms. The Hall–Kier alpha value is 0.367. The summed E-state index contributed by atoms with van der Waals surface area (Å²) in [5.41, 5.74) is 0. The second-order valence-electron chi connectivity index (χ2n) is 5.44. The van der Waals surface area contributed by atoms with Crippen molar-refractivity contribution in [3.05, 3.63) is 0 Å². The Balaban J connectivity index is 1.71. The van der Waals surface area contributed by atoms with Crippen LogP contribution in [0.5, 0.6) is 0 Å². The van der Waals surface area contributed by atoms with Gasteiger partial charge in [-0.15, -0.1) is 0 Å². The number of rotatable bonds is 5. The van der Waals surface area contributed by atoms with E-state index in [2.05, 4.69) is 16.8 Å². The van der Waals surface area contributed by atoms with Gasteiger partial charge in [-0.25, -0.2) is 0 Å². The predicted octanol–water partition coefficient (Wildman–Crippen LogP) is 0.989. The molecule has 0 aromatic rings. The van der Waals surface area contributed by atoms with E-state index >= 15 is 0 Å². The second-order valence-corrected chi connectivity index (χ2v) is 9.52. The highest BCUT2D eigenvalue weighted by Gasteiger charge is 2.40. The van der Waals surface area contributed by atoms with Gasteiger partial charge in [-0.05, 0) is 20.0 Å². The van der Waals surface area contributed by atoms with E-state index < -0.39 is 8.80 Å². The molecule has 2 heterocycles. The topological polar surface area (TPSA) is 34.2 Å². The van der Waals surface area contributed by atoms with Gasteiger partial charge in [0.15, 0.2) is 0 Å². The lowest BCUT2D eigenvalue weighted by atomic mass is 10.3. The largest absolute Gasteiger partial charge is 0.500 e. The Kier molecular flexibility index (Phi) is 7.30. The summed E-state index contributed by atoms with van der Waals surface area (Å²) in [5.74, 6) is 2.11. The van der Waals surface area contributed by atoms with Gasteiger partial charge < -0.3 is 23.1 Å². The summed E-state index contributed by atoms with van der Waals surface area (Å²) in [6.45, 7) is 7.37. The molecule has 7 heteroatoms. The van der Waals surface area contributed by atoms with Crippen LogP contribution in [0.15, 0.2) is 0 Å². The standard InChI is InChI=1S/C13H28N2O3SSi/c1-14-5-7-15(8-6-14)4-3-13-20(16-2)17-9-11-19-12-10-18-20/h3-13H2,1-2H3. The van der Waals surface area contributed by atoms with Crippen molar-refractivity contribution in [1.29, 1.82) is 0 Å². The Bertz CT molecular complexity index is 270. The maximum absolute atomic E-state index is 5.97. The summed E-state index contributed by atoms with van der Waals surface area (Å²) in [5, 5.41) is 0. The zero-order valence-corrected chi connectivity index (χ0v) is 14.6. The smallest absolute Gasteiger partial charge is 0.377 e. The van der Waals surface area contributed by atoms with Crippen LogP contribution in [0.4, 0.5) is 0 Å². The van der Waals surface area contributed by atoms with Gasteiger partial charge in [-0.3, -0.25) is 0 Å². The minimum absolute atomic E-state index is 0.763. The first-order chi connectivity index (χ1) is 9.74. The first-order valence-corrected chi connectivity index (χ1v) is 10.6. The molecule has 2 saturated heterocycles. The van der Waals surface area contributed by atoms with Crippen LogP contribution in [0, 0.1) is 0 Å². The van der Waals surface area contributed by atoms with E-state index in [0.29, 0.717) is 0 Å². The Morgan fingerprint density at radius 2 is 1.75 bits per heavy atom. The average Bonchev–Trinajstić information content (AvgIpc) is 2.44. The fourth-order valence-electron chi connectivity index (χ4n) is 2.61. The van der Waals surface area contributed by atoms with Crippen molar-refractivity contribution in [2.75, 3.05) is 71.6 Å². The van der Waals surface area contributed by atoms with Crippen LogP contribution in [-0.2, 0) is 13.3 Å². The molecule has 0 unspecified atom stereocenters. The Morgan fingerprint density at radius 3 is 2.35 bits per heavy atom. The molecule has 0 radical (unpaired) electrons. The number of hydrogen-bond acceptors (Lipinski definition) is 6. The first kappa shape index (κ1) is 16.7. The number of likely N-dealkylation sites (N-methyl/N-ethyl adjacent to an activating group) is 1. The molecule has 0 N–H and O–H groups in total. The fourth-order valence-corrected chi connectivity index (χ4v) is 5.74. The molecule has 2 aliphatic rings. The Morgan fingerprint density at radius 1 is 1.10 bits per heavy atom. The zero-order valence-electron chi connectivity index (χ0n) is 12.8. The molecular formula is C13H28N2O3SSi. The van der Waals surface area contributed by atoms with Crippen LogP contribution in [0.25, 0.3) is 0 Å². The number of thioether (sulfide) groups is 1.